The number of aromatic nitrogens is 2. The molecule has 3 N–H and O–H groups in total. The molecule has 5 nitrogen and oxygen atoms in total. The molecule has 0 radical (unpaired) electrons. The number of nitrogens with zero attached hydrogens (tertiary/aromatic N) is 2. The van der Waals surface area contributed by atoms with Gasteiger partial charge in [0.2, 0.25) is 5.91 Å². The van der Waals surface area contributed by atoms with Crippen LogP contribution >= 0.6 is 0 Å². The van der Waals surface area contributed by atoms with Crippen LogP contribution in [-0.4, -0.2) is 22.2 Å². The lowest BCUT2D eigenvalue weighted by molar-refractivity contribution is -0.121. The Hall–Kier alpha value is -1.78. The van der Waals surface area contributed by atoms with E-state index >= 15 is 0 Å². The lowest BCUT2D eigenvalue weighted by atomic mass is 10.3. The Labute approximate surface area is 89.0 Å². The molecule has 1 amide bonds. The smallest absolute Gasteiger partial charge is 0.241 e. The summed E-state index contributed by atoms with van der Waals surface area (Å²) in [7, 11) is 0. The summed E-state index contributed by atoms with van der Waals surface area (Å²) >= 11 is 0. The van der Waals surface area contributed by atoms with Gasteiger partial charge in [0.1, 0.15) is 6.54 Å². The van der Waals surface area contributed by atoms with E-state index in [4.69, 9.17) is 5.73 Å². The van der Waals surface area contributed by atoms with Crippen LogP contribution in [0, 0.1) is 0 Å². The fourth-order valence-corrected chi connectivity index (χ4v) is 1.04. The Morgan fingerprint density at radius 1 is 1.67 bits per heavy atom. The van der Waals surface area contributed by atoms with Crippen LogP contribution in [0.2, 0.25) is 0 Å². The summed E-state index contributed by atoms with van der Waals surface area (Å²) in [5, 5.41) is 6.67. The number of allylic oxidation sites excluding steroid dienone is 1. The van der Waals surface area contributed by atoms with Gasteiger partial charge in [-0.05, 0) is 13.8 Å². The van der Waals surface area contributed by atoms with E-state index in [9.17, 15) is 4.79 Å². The van der Waals surface area contributed by atoms with Gasteiger partial charge >= 0.3 is 0 Å². The predicted molar refractivity (Wildman–Crippen MR) is 59.1 cm³/mol. The molecule has 5 heteroatoms. The second-order valence-electron chi connectivity index (χ2n) is 3.56. The van der Waals surface area contributed by atoms with Crippen LogP contribution in [0.3, 0.4) is 0 Å². The zero-order valence-electron chi connectivity index (χ0n) is 9.03. The maximum Gasteiger partial charge on any atom is 0.241 e. The van der Waals surface area contributed by atoms with Crippen LogP contribution in [0.1, 0.15) is 13.8 Å². The minimum Gasteiger partial charge on any atom is -0.396 e. The summed E-state index contributed by atoms with van der Waals surface area (Å²) < 4.78 is 1.51. The number of nitrogen functional groups attached to an aromatic ring is 1. The van der Waals surface area contributed by atoms with Crippen molar-refractivity contribution in [1.82, 2.24) is 15.1 Å². The van der Waals surface area contributed by atoms with Crippen molar-refractivity contribution < 1.29 is 4.79 Å². The van der Waals surface area contributed by atoms with Gasteiger partial charge in [0.25, 0.3) is 0 Å². The molecule has 0 bridgehead atoms. The number of carbonyl (C=O) groups is 1. The summed E-state index contributed by atoms with van der Waals surface area (Å²) in [6, 6.07) is 0. The molecule has 0 aliphatic heterocycles. The molecule has 1 heterocycles. The van der Waals surface area contributed by atoms with E-state index in [1.807, 2.05) is 19.9 Å². The van der Waals surface area contributed by atoms with Crippen molar-refractivity contribution in [2.45, 2.75) is 20.4 Å². The minimum absolute atomic E-state index is 0.0735. The number of amides is 1. The highest BCUT2D eigenvalue weighted by Gasteiger charge is 2.01. The number of hydrogen-bond acceptors (Lipinski definition) is 3. The van der Waals surface area contributed by atoms with Crippen LogP contribution in [0.5, 0.6) is 0 Å². The lowest BCUT2D eigenvalue weighted by Gasteiger charge is -2.02. The summed E-state index contributed by atoms with van der Waals surface area (Å²) in [6.45, 7) is 4.73. The average Bonchev–Trinajstić information content (AvgIpc) is 2.50. The molecule has 0 aromatic carbocycles. The van der Waals surface area contributed by atoms with Gasteiger partial charge < -0.3 is 11.1 Å². The van der Waals surface area contributed by atoms with E-state index in [0.29, 0.717) is 12.2 Å². The largest absolute Gasteiger partial charge is 0.396 e. The van der Waals surface area contributed by atoms with Gasteiger partial charge in [-0.1, -0.05) is 11.6 Å². The molecule has 1 aromatic rings. The van der Waals surface area contributed by atoms with Crippen molar-refractivity contribution in [3.05, 3.63) is 24.0 Å². The number of nitrogens with two attached hydrogens (primary N) is 1. The molecule has 1 rings (SSSR count). The summed E-state index contributed by atoms with van der Waals surface area (Å²) in [4.78, 5) is 11.4. The van der Waals surface area contributed by atoms with Gasteiger partial charge in [0.15, 0.2) is 0 Å². The van der Waals surface area contributed by atoms with Crippen LogP contribution in [0.25, 0.3) is 0 Å². The molecule has 0 atom stereocenters. The fraction of sp³-hybridized carbons (Fsp3) is 0.400. The first-order valence-corrected chi connectivity index (χ1v) is 4.76. The summed E-state index contributed by atoms with van der Waals surface area (Å²) in [5.74, 6) is -0.0735. The van der Waals surface area contributed by atoms with Crippen molar-refractivity contribution in [3.63, 3.8) is 0 Å². The first-order valence-electron chi connectivity index (χ1n) is 4.76. The Morgan fingerprint density at radius 2 is 2.40 bits per heavy atom. The monoisotopic (exact) mass is 208 g/mol. The summed E-state index contributed by atoms with van der Waals surface area (Å²) in [6.07, 6.45) is 5.10. The molecule has 1 aromatic heterocycles. The Bertz CT molecular complexity index is 363. The van der Waals surface area contributed by atoms with Crippen LogP contribution < -0.4 is 11.1 Å². The standard InChI is InChI=1S/C10H16N4O/c1-8(2)3-4-12-10(15)7-14-6-9(11)5-13-14/h3,5-6H,4,7,11H2,1-2H3,(H,12,15). The van der Waals surface area contributed by atoms with Crippen molar-refractivity contribution >= 4 is 11.6 Å². The normalized spacial score (nSPS) is 9.73. The van der Waals surface area contributed by atoms with E-state index in [2.05, 4.69) is 10.4 Å². The van der Waals surface area contributed by atoms with E-state index in [0.717, 1.165) is 0 Å². The average molecular weight is 208 g/mol. The lowest BCUT2D eigenvalue weighted by Crippen LogP contribution is -2.27. The molecule has 0 fully saturated rings. The number of rotatable bonds is 4. The van der Waals surface area contributed by atoms with Crippen molar-refractivity contribution in [2.24, 2.45) is 0 Å². The molecule has 15 heavy (non-hydrogen) atoms. The van der Waals surface area contributed by atoms with Gasteiger partial charge in [-0.15, -0.1) is 0 Å². The van der Waals surface area contributed by atoms with Gasteiger partial charge in [-0.2, -0.15) is 5.10 Å². The van der Waals surface area contributed by atoms with E-state index < -0.39 is 0 Å². The second kappa shape index (κ2) is 5.19. The van der Waals surface area contributed by atoms with Gasteiger partial charge in [0.05, 0.1) is 11.9 Å². The Kier molecular flexibility index (Phi) is 3.91. The fourth-order valence-electron chi connectivity index (χ4n) is 1.04. The molecule has 0 unspecified atom stereocenters. The first-order chi connectivity index (χ1) is 7.08. The third-order valence-corrected chi connectivity index (χ3v) is 1.77. The second-order valence-corrected chi connectivity index (χ2v) is 3.56. The quantitative estimate of drug-likeness (QED) is 0.710. The van der Waals surface area contributed by atoms with Crippen LogP contribution in [0.15, 0.2) is 24.0 Å². The minimum atomic E-state index is -0.0735. The topological polar surface area (TPSA) is 72.9 Å². The predicted octanol–water partition coefficient (Wildman–Crippen LogP) is 0.548. The van der Waals surface area contributed by atoms with Crippen molar-refractivity contribution in [1.29, 1.82) is 0 Å². The first kappa shape index (κ1) is 11.3. The number of hydrogen-bond donors (Lipinski definition) is 2. The SMILES string of the molecule is CC(C)=CCNC(=O)Cn1cc(N)cn1. The Morgan fingerprint density at radius 3 is 2.93 bits per heavy atom. The number of nitrogens with one attached hydrogen (secondary N) is 1. The van der Waals surface area contributed by atoms with Gasteiger partial charge in [-0.3, -0.25) is 9.48 Å². The van der Waals surface area contributed by atoms with Crippen LogP contribution in [0.4, 0.5) is 5.69 Å². The highest BCUT2D eigenvalue weighted by atomic mass is 16.2. The zero-order valence-corrected chi connectivity index (χ0v) is 9.03. The Balaban J connectivity index is 2.33. The molecular formula is C10H16N4O. The molecule has 0 aliphatic carbocycles. The number of anilines is 1. The van der Waals surface area contributed by atoms with Gasteiger partial charge in [0, 0.05) is 12.7 Å². The molecule has 82 valence electrons. The maximum atomic E-state index is 11.4. The zero-order chi connectivity index (χ0) is 11.3. The molecule has 0 saturated carbocycles. The maximum absolute atomic E-state index is 11.4. The molecular weight excluding hydrogens is 192 g/mol. The highest BCUT2D eigenvalue weighted by molar-refractivity contribution is 5.75. The third-order valence-electron chi connectivity index (χ3n) is 1.77. The molecule has 0 saturated heterocycles. The van der Waals surface area contributed by atoms with E-state index in [1.165, 1.54) is 16.5 Å². The molecule has 0 spiro atoms. The van der Waals surface area contributed by atoms with E-state index in [1.54, 1.807) is 6.20 Å². The molecule has 0 aliphatic rings. The highest BCUT2D eigenvalue weighted by Crippen LogP contribution is 1.96. The number of carbonyl (C=O) groups excluding carboxylic acids is 1. The summed E-state index contributed by atoms with van der Waals surface area (Å²) in [5.41, 5.74) is 7.21. The third kappa shape index (κ3) is 4.30. The van der Waals surface area contributed by atoms with Crippen LogP contribution in [-0.2, 0) is 11.3 Å². The van der Waals surface area contributed by atoms with Crippen molar-refractivity contribution in [2.75, 3.05) is 12.3 Å². The van der Waals surface area contributed by atoms with Gasteiger partial charge in [-0.25, -0.2) is 0 Å². The van der Waals surface area contributed by atoms with E-state index in [-0.39, 0.29) is 12.5 Å². The van der Waals surface area contributed by atoms with Crippen molar-refractivity contribution in [3.8, 4) is 0 Å².